The molecule has 0 spiro atoms. The molecule has 0 aliphatic carbocycles. The van der Waals surface area contributed by atoms with Gasteiger partial charge in [-0.3, -0.25) is 19.8 Å². The van der Waals surface area contributed by atoms with Gasteiger partial charge in [-0.15, -0.1) is 0 Å². The third-order valence-electron chi connectivity index (χ3n) is 4.58. The Morgan fingerprint density at radius 2 is 2.23 bits per heavy atom. The number of amides is 1. The molecular formula is C15H19N3O4. The van der Waals surface area contributed by atoms with Gasteiger partial charge in [0.25, 0.3) is 11.6 Å². The van der Waals surface area contributed by atoms with Gasteiger partial charge in [-0.05, 0) is 31.2 Å². The Labute approximate surface area is 128 Å². The molecule has 22 heavy (non-hydrogen) atoms. The number of non-ortho nitro benzene ring substituents is 1. The van der Waals surface area contributed by atoms with E-state index in [-0.39, 0.29) is 5.69 Å². The molecule has 3 rings (SSSR count). The molecule has 1 aromatic carbocycles. The van der Waals surface area contributed by atoms with Crippen molar-refractivity contribution < 1.29 is 14.8 Å². The summed E-state index contributed by atoms with van der Waals surface area (Å²) in [6.45, 7) is 4.94. The van der Waals surface area contributed by atoms with Crippen molar-refractivity contribution in [3.05, 3.63) is 33.4 Å². The van der Waals surface area contributed by atoms with Crippen LogP contribution in [0.5, 0.6) is 0 Å². The van der Waals surface area contributed by atoms with Crippen LogP contribution in [0.4, 0.5) is 11.4 Å². The molecule has 7 nitrogen and oxygen atoms in total. The van der Waals surface area contributed by atoms with Gasteiger partial charge in [-0.25, -0.2) is 0 Å². The molecule has 0 radical (unpaired) electrons. The van der Waals surface area contributed by atoms with Crippen molar-refractivity contribution in [1.82, 2.24) is 4.90 Å². The molecule has 1 aromatic rings. The number of aryl methyl sites for hydroxylation is 1. The average molecular weight is 305 g/mol. The number of nitrogens with one attached hydrogen (secondary N) is 1. The lowest BCUT2D eigenvalue weighted by Gasteiger charge is -2.39. The molecule has 1 fully saturated rings. The van der Waals surface area contributed by atoms with Gasteiger partial charge in [0, 0.05) is 30.8 Å². The molecule has 0 unspecified atom stereocenters. The number of carbonyl (C=O) groups is 1. The number of likely N-dealkylation sites (tertiary alicyclic amines) is 1. The smallest absolute Gasteiger partial charge is 0.276 e. The van der Waals surface area contributed by atoms with Crippen molar-refractivity contribution in [3.63, 3.8) is 0 Å². The van der Waals surface area contributed by atoms with Gasteiger partial charge in [0.05, 0.1) is 10.6 Å². The summed E-state index contributed by atoms with van der Waals surface area (Å²) in [7, 11) is 0. The topological polar surface area (TPSA) is 95.7 Å². The Bertz CT molecular complexity index is 660. The number of fused-ring (bicyclic) bond motifs is 1. The highest BCUT2D eigenvalue weighted by molar-refractivity contribution is 6.05. The van der Waals surface area contributed by atoms with Crippen LogP contribution in [0.2, 0.25) is 0 Å². The van der Waals surface area contributed by atoms with Gasteiger partial charge >= 0.3 is 0 Å². The summed E-state index contributed by atoms with van der Waals surface area (Å²) in [5, 5.41) is 24.8. The summed E-state index contributed by atoms with van der Waals surface area (Å²) >= 11 is 0. The van der Waals surface area contributed by atoms with Crippen molar-refractivity contribution in [2.45, 2.75) is 32.4 Å². The van der Waals surface area contributed by atoms with Crippen LogP contribution < -0.4 is 5.32 Å². The van der Waals surface area contributed by atoms with E-state index in [1.807, 2.05) is 0 Å². The number of nitro benzene ring substituents is 1. The minimum atomic E-state index is -1.82. The first kappa shape index (κ1) is 14.9. The van der Waals surface area contributed by atoms with Crippen LogP contribution in [0.15, 0.2) is 12.1 Å². The molecule has 0 aromatic heterocycles. The molecule has 2 aliphatic heterocycles. The number of benzene rings is 1. The van der Waals surface area contributed by atoms with Crippen LogP contribution in [-0.2, 0) is 10.5 Å². The maximum Gasteiger partial charge on any atom is 0.276 e. The number of rotatable bonds is 2. The molecule has 1 saturated heterocycles. The first-order chi connectivity index (χ1) is 10.3. The van der Waals surface area contributed by atoms with E-state index in [0.717, 1.165) is 12.8 Å². The molecular weight excluding hydrogens is 286 g/mol. The molecule has 0 saturated carbocycles. The summed E-state index contributed by atoms with van der Waals surface area (Å²) in [6, 6.07) is 2.71. The number of anilines is 1. The quantitative estimate of drug-likeness (QED) is 0.641. The number of aliphatic hydroxyl groups is 1. The van der Waals surface area contributed by atoms with E-state index in [0.29, 0.717) is 35.8 Å². The lowest BCUT2D eigenvalue weighted by atomic mass is 9.93. The maximum absolute atomic E-state index is 12.4. The Balaban J connectivity index is 2.11. The van der Waals surface area contributed by atoms with E-state index in [9.17, 15) is 20.0 Å². The van der Waals surface area contributed by atoms with Gasteiger partial charge in [0.2, 0.25) is 5.72 Å². The van der Waals surface area contributed by atoms with Crippen LogP contribution in [0.1, 0.15) is 30.9 Å². The highest BCUT2D eigenvalue weighted by Gasteiger charge is 2.52. The monoisotopic (exact) mass is 305 g/mol. The Kier molecular flexibility index (Phi) is 3.41. The third kappa shape index (κ3) is 2.08. The molecule has 7 heteroatoms. The zero-order valence-electron chi connectivity index (χ0n) is 12.6. The van der Waals surface area contributed by atoms with Crippen molar-refractivity contribution in [1.29, 1.82) is 0 Å². The van der Waals surface area contributed by atoms with Crippen molar-refractivity contribution >= 4 is 17.3 Å². The fourth-order valence-corrected chi connectivity index (χ4v) is 3.43. The molecule has 118 valence electrons. The molecule has 0 bridgehead atoms. The molecule has 1 amide bonds. The summed E-state index contributed by atoms with van der Waals surface area (Å²) in [4.78, 5) is 24.7. The molecule has 2 atom stereocenters. The van der Waals surface area contributed by atoms with Gasteiger partial charge in [-0.2, -0.15) is 0 Å². The number of carbonyl (C=O) groups excluding carboxylic acids is 1. The zero-order chi connectivity index (χ0) is 16.1. The van der Waals surface area contributed by atoms with Crippen LogP contribution >= 0.6 is 0 Å². The summed E-state index contributed by atoms with van der Waals surface area (Å²) < 4.78 is 0. The number of nitro groups is 1. The van der Waals surface area contributed by atoms with Gasteiger partial charge < -0.3 is 10.4 Å². The summed E-state index contributed by atoms with van der Waals surface area (Å²) in [6.07, 6.45) is 1.94. The molecule has 2 heterocycles. The first-order valence-corrected chi connectivity index (χ1v) is 7.42. The number of hydrogen-bond acceptors (Lipinski definition) is 5. The Hall–Kier alpha value is -1.99. The van der Waals surface area contributed by atoms with Crippen LogP contribution in [0, 0.1) is 23.0 Å². The van der Waals surface area contributed by atoms with Crippen LogP contribution in [-0.4, -0.2) is 33.9 Å². The van der Waals surface area contributed by atoms with Crippen molar-refractivity contribution in [2.24, 2.45) is 5.92 Å². The van der Waals surface area contributed by atoms with E-state index in [1.165, 1.54) is 12.1 Å². The van der Waals surface area contributed by atoms with Gasteiger partial charge in [0.15, 0.2) is 0 Å². The number of hydrogen-bond donors (Lipinski definition) is 2. The van der Waals surface area contributed by atoms with Gasteiger partial charge in [0.1, 0.15) is 0 Å². The van der Waals surface area contributed by atoms with Crippen LogP contribution in [0.25, 0.3) is 0 Å². The van der Waals surface area contributed by atoms with E-state index < -0.39 is 16.6 Å². The normalized spacial score (nSPS) is 28.3. The highest BCUT2D eigenvalue weighted by atomic mass is 16.6. The van der Waals surface area contributed by atoms with Crippen LogP contribution in [0.3, 0.4) is 0 Å². The lowest BCUT2D eigenvalue weighted by Crippen LogP contribution is -2.54. The minimum Gasteiger partial charge on any atom is -0.364 e. The Morgan fingerprint density at radius 3 is 2.86 bits per heavy atom. The third-order valence-corrected chi connectivity index (χ3v) is 4.58. The first-order valence-electron chi connectivity index (χ1n) is 7.42. The number of nitrogens with zero attached hydrogens (tertiary/aromatic N) is 2. The van der Waals surface area contributed by atoms with E-state index in [1.54, 1.807) is 11.8 Å². The van der Waals surface area contributed by atoms with E-state index in [2.05, 4.69) is 12.2 Å². The maximum atomic E-state index is 12.4. The summed E-state index contributed by atoms with van der Waals surface area (Å²) in [5.74, 6) is -0.158. The average Bonchev–Trinajstić information content (AvgIpc) is 2.73. The second kappa shape index (κ2) is 5.03. The summed E-state index contributed by atoms with van der Waals surface area (Å²) in [5.41, 5.74) is -0.578. The van der Waals surface area contributed by atoms with Crippen molar-refractivity contribution in [3.8, 4) is 0 Å². The highest BCUT2D eigenvalue weighted by Crippen LogP contribution is 2.43. The minimum absolute atomic E-state index is 0.115. The second-order valence-electron chi connectivity index (χ2n) is 6.26. The largest absolute Gasteiger partial charge is 0.364 e. The molecule has 2 aliphatic rings. The van der Waals surface area contributed by atoms with E-state index in [4.69, 9.17) is 0 Å². The standard InChI is InChI=1S/C15H19N3O4/c1-9-4-3-5-17(8-9)15(20)12-7-11(18(21)22)6-10(2)13(12)16-14(15)19/h6-7,9,20H,3-5,8H2,1-2H3,(H,16,19)/t9-,15+/m1/s1. The van der Waals surface area contributed by atoms with E-state index >= 15 is 0 Å². The Morgan fingerprint density at radius 1 is 1.50 bits per heavy atom. The number of piperidine rings is 1. The van der Waals surface area contributed by atoms with Crippen molar-refractivity contribution in [2.75, 3.05) is 18.4 Å². The van der Waals surface area contributed by atoms with Gasteiger partial charge in [-0.1, -0.05) is 6.92 Å². The predicted molar refractivity (Wildman–Crippen MR) is 80.3 cm³/mol. The zero-order valence-corrected chi connectivity index (χ0v) is 12.6. The molecule has 2 N–H and O–H groups in total. The SMILES string of the molecule is Cc1cc([N+](=O)[O-])cc2c1NC(=O)[C@]2(O)N1CCC[C@@H](C)C1. The fraction of sp³-hybridized carbons (Fsp3) is 0.533. The fourth-order valence-electron chi connectivity index (χ4n) is 3.43. The second-order valence-corrected chi connectivity index (χ2v) is 6.26. The predicted octanol–water partition coefficient (Wildman–Crippen LogP) is 1.73. The lowest BCUT2D eigenvalue weighted by molar-refractivity contribution is -0.385.